The van der Waals surface area contributed by atoms with E-state index in [4.69, 9.17) is 0 Å². The molecule has 0 aliphatic rings. The molecule has 0 spiro atoms. The van der Waals surface area contributed by atoms with Gasteiger partial charge in [0.2, 0.25) is 0 Å². The van der Waals surface area contributed by atoms with Gasteiger partial charge >= 0.3 is 0 Å². The standard InChI is InChI=1S/C10H15N.3BrH/c1-10(2,11-3)9-7-5-4-6-8-9;;;/h4-8,11H,1-3H3;3*1H. The lowest BCUT2D eigenvalue weighted by molar-refractivity contribution is 0.445. The normalized spacial score (nSPS) is 9.07. The minimum absolute atomic E-state index is 0. The van der Waals surface area contributed by atoms with Crippen LogP contribution in [0.1, 0.15) is 19.4 Å². The largest absolute Gasteiger partial charge is 0.311 e. The molecule has 0 saturated heterocycles. The van der Waals surface area contributed by atoms with Crippen molar-refractivity contribution in [3.63, 3.8) is 0 Å². The highest BCUT2D eigenvalue weighted by Crippen LogP contribution is 2.17. The Labute approximate surface area is 118 Å². The van der Waals surface area contributed by atoms with E-state index in [1.807, 2.05) is 13.1 Å². The summed E-state index contributed by atoms with van der Waals surface area (Å²) in [4.78, 5) is 0. The van der Waals surface area contributed by atoms with E-state index < -0.39 is 0 Å². The maximum Gasteiger partial charge on any atom is 0.0374 e. The summed E-state index contributed by atoms with van der Waals surface area (Å²) in [6.45, 7) is 4.34. The predicted octanol–water partition coefficient (Wildman–Crippen LogP) is 3.87. The number of hydrogen-bond donors (Lipinski definition) is 1. The predicted molar refractivity (Wildman–Crippen MR) is 79.5 cm³/mol. The van der Waals surface area contributed by atoms with Gasteiger partial charge in [0.05, 0.1) is 0 Å². The molecule has 1 N–H and O–H groups in total. The second-order valence-electron chi connectivity index (χ2n) is 3.24. The van der Waals surface area contributed by atoms with Crippen molar-refractivity contribution in [2.45, 2.75) is 19.4 Å². The topological polar surface area (TPSA) is 12.0 Å². The molecule has 0 radical (unpaired) electrons. The minimum atomic E-state index is 0. The first-order valence-corrected chi connectivity index (χ1v) is 3.91. The third-order valence-corrected chi connectivity index (χ3v) is 2.12. The highest BCUT2D eigenvalue weighted by atomic mass is 79.9. The fourth-order valence-electron chi connectivity index (χ4n) is 0.999. The number of hydrogen-bond acceptors (Lipinski definition) is 1. The SMILES string of the molecule is Br.Br.Br.CNC(C)(C)c1ccccc1. The molecule has 0 aliphatic carbocycles. The Balaban J connectivity index is -0.000000403. The van der Waals surface area contributed by atoms with Gasteiger partial charge in [0.25, 0.3) is 0 Å². The lowest BCUT2D eigenvalue weighted by Crippen LogP contribution is -2.32. The van der Waals surface area contributed by atoms with E-state index in [-0.39, 0.29) is 56.5 Å². The highest BCUT2D eigenvalue weighted by Gasteiger charge is 2.15. The van der Waals surface area contributed by atoms with Crippen LogP contribution in [0.4, 0.5) is 0 Å². The van der Waals surface area contributed by atoms with Gasteiger partial charge in [-0.2, -0.15) is 0 Å². The van der Waals surface area contributed by atoms with Crippen LogP contribution in [-0.4, -0.2) is 7.05 Å². The van der Waals surface area contributed by atoms with Crippen molar-refractivity contribution in [3.8, 4) is 0 Å². The van der Waals surface area contributed by atoms with Crippen LogP contribution >= 0.6 is 50.9 Å². The van der Waals surface area contributed by atoms with E-state index in [2.05, 4.69) is 43.4 Å². The van der Waals surface area contributed by atoms with Crippen LogP contribution in [0.2, 0.25) is 0 Å². The molecule has 0 unspecified atom stereocenters. The second kappa shape index (κ2) is 8.89. The monoisotopic (exact) mass is 389 g/mol. The molecular weight excluding hydrogens is 374 g/mol. The van der Waals surface area contributed by atoms with Crippen molar-refractivity contribution in [1.29, 1.82) is 0 Å². The van der Waals surface area contributed by atoms with Gasteiger partial charge in [-0.25, -0.2) is 0 Å². The Morgan fingerprint density at radius 3 is 1.71 bits per heavy atom. The summed E-state index contributed by atoms with van der Waals surface area (Å²) in [6.07, 6.45) is 0. The summed E-state index contributed by atoms with van der Waals surface area (Å²) in [7, 11) is 1.98. The molecule has 0 bridgehead atoms. The zero-order valence-electron chi connectivity index (χ0n) is 8.61. The number of halogens is 3. The van der Waals surface area contributed by atoms with E-state index in [0.717, 1.165) is 0 Å². The van der Waals surface area contributed by atoms with Gasteiger partial charge in [-0.05, 0) is 26.5 Å². The quantitative estimate of drug-likeness (QED) is 0.806. The Bertz CT molecular complexity index is 224. The fourth-order valence-corrected chi connectivity index (χ4v) is 0.999. The molecule has 0 aromatic heterocycles. The molecule has 4 heteroatoms. The Morgan fingerprint density at radius 2 is 1.36 bits per heavy atom. The molecule has 1 rings (SSSR count). The molecule has 1 aromatic rings. The van der Waals surface area contributed by atoms with E-state index in [1.54, 1.807) is 0 Å². The molecule has 1 aromatic carbocycles. The summed E-state index contributed by atoms with van der Waals surface area (Å²) < 4.78 is 0. The van der Waals surface area contributed by atoms with E-state index in [1.165, 1.54) is 5.56 Å². The van der Waals surface area contributed by atoms with Crippen LogP contribution in [-0.2, 0) is 5.54 Å². The fraction of sp³-hybridized carbons (Fsp3) is 0.400. The van der Waals surface area contributed by atoms with E-state index in [0.29, 0.717) is 0 Å². The molecule has 1 nitrogen and oxygen atoms in total. The summed E-state index contributed by atoms with van der Waals surface area (Å²) in [6, 6.07) is 10.4. The summed E-state index contributed by atoms with van der Waals surface area (Å²) in [5, 5.41) is 3.26. The van der Waals surface area contributed by atoms with Crippen LogP contribution in [0.15, 0.2) is 30.3 Å². The van der Waals surface area contributed by atoms with Crippen LogP contribution in [0.5, 0.6) is 0 Å². The summed E-state index contributed by atoms with van der Waals surface area (Å²) in [5.41, 5.74) is 1.41. The third kappa shape index (κ3) is 5.49. The number of rotatable bonds is 2. The van der Waals surface area contributed by atoms with Gasteiger partial charge in [0, 0.05) is 5.54 Å². The average Bonchev–Trinajstić information content (AvgIpc) is 2.06. The minimum Gasteiger partial charge on any atom is -0.311 e. The first-order chi connectivity index (χ1) is 5.17. The number of benzene rings is 1. The maximum atomic E-state index is 3.26. The van der Waals surface area contributed by atoms with Crippen molar-refractivity contribution >= 4 is 50.9 Å². The lowest BCUT2D eigenvalue weighted by atomic mass is 9.95. The van der Waals surface area contributed by atoms with Gasteiger partial charge in [-0.15, -0.1) is 50.9 Å². The van der Waals surface area contributed by atoms with Crippen molar-refractivity contribution in [1.82, 2.24) is 5.32 Å². The van der Waals surface area contributed by atoms with E-state index >= 15 is 0 Å². The van der Waals surface area contributed by atoms with Crippen LogP contribution in [0, 0.1) is 0 Å². The Morgan fingerprint density at radius 1 is 0.929 bits per heavy atom. The van der Waals surface area contributed by atoms with Crippen LogP contribution in [0.3, 0.4) is 0 Å². The zero-order chi connectivity index (χ0) is 8.32. The smallest absolute Gasteiger partial charge is 0.0374 e. The number of nitrogens with one attached hydrogen (secondary N) is 1. The van der Waals surface area contributed by atoms with Crippen molar-refractivity contribution in [2.24, 2.45) is 0 Å². The molecule has 0 aliphatic heterocycles. The second-order valence-corrected chi connectivity index (χ2v) is 3.24. The van der Waals surface area contributed by atoms with Gasteiger partial charge in [0.1, 0.15) is 0 Å². The molecule has 14 heavy (non-hydrogen) atoms. The third-order valence-electron chi connectivity index (χ3n) is 2.12. The molecule has 0 atom stereocenters. The van der Waals surface area contributed by atoms with Gasteiger partial charge in [-0.3, -0.25) is 0 Å². The molecule has 0 fully saturated rings. The lowest BCUT2D eigenvalue weighted by Gasteiger charge is -2.24. The van der Waals surface area contributed by atoms with Gasteiger partial charge < -0.3 is 5.32 Å². The van der Waals surface area contributed by atoms with E-state index in [9.17, 15) is 0 Å². The van der Waals surface area contributed by atoms with Gasteiger partial charge in [-0.1, -0.05) is 30.3 Å². The molecule has 0 heterocycles. The highest BCUT2D eigenvalue weighted by molar-refractivity contribution is 8.93. The molecule has 0 amide bonds. The van der Waals surface area contributed by atoms with Crippen LogP contribution in [0.25, 0.3) is 0 Å². The first-order valence-electron chi connectivity index (χ1n) is 3.91. The van der Waals surface area contributed by atoms with Crippen molar-refractivity contribution in [3.05, 3.63) is 35.9 Å². The molecule has 0 saturated carbocycles. The molecular formula is C10H18Br3N. The zero-order valence-corrected chi connectivity index (χ0v) is 13.8. The summed E-state index contributed by atoms with van der Waals surface area (Å²) >= 11 is 0. The maximum absolute atomic E-state index is 3.26. The Hall–Kier alpha value is 0.620. The van der Waals surface area contributed by atoms with Crippen LogP contribution < -0.4 is 5.32 Å². The average molecular weight is 392 g/mol. The Kier molecular flexibility index (Phi) is 12.8. The van der Waals surface area contributed by atoms with Crippen molar-refractivity contribution in [2.75, 3.05) is 7.05 Å². The van der Waals surface area contributed by atoms with Crippen molar-refractivity contribution < 1.29 is 0 Å². The van der Waals surface area contributed by atoms with Gasteiger partial charge in [0.15, 0.2) is 0 Å². The molecule has 84 valence electrons. The summed E-state index contributed by atoms with van der Waals surface area (Å²) in [5.74, 6) is 0. The first kappa shape index (κ1) is 20.1.